The predicted octanol–water partition coefficient (Wildman–Crippen LogP) is 4.67. The highest BCUT2D eigenvalue weighted by atomic mass is 79.9. The Bertz CT molecular complexity index is 704. The lowest BCUT2D eigenvalue weighted by atomic mass is 10.1. The Labute approximate surface area is 144 Å². The van der Waals surface area contributed by atoms with Crippen LogP contribution in [0.5, 0.6) is 11.5 Å². The standard InChI is InChI=1S/C17H19BrN2O3/c1-4-11-9-12(18)5-7-14(11)20-17(21)19-13-6-8-15(22-2)16(10-13)23-3/h5-10H,4H2,1-3H3,(H2,19,20,21). The van der Waals surface area contributed by atoms with Gasteiger partial charge in [-0.25, -0.2) is 4.79 Å². The summed E-state index contributed by atoms with van der Waals surface area (Å²) < 4.78 is 11.4. The van der Waals surface area contributed by atoms with Crippen molar-refractivity contribution in [1.82, 2.24) is 0 Å². The molecule has 23 heavy (non-hydrogen) atoms. The van der Waals surface area contributed by atoms with Crippen LogP contribution >= 0.6 is 15.9 Å². The fraction of sp³-hybridized carbons (Fsp3) is 0.235. The molecule has 2 aromatic carbocycles. The fourth-order valence-electron chi connectivity index (χ4n) is 2.18. The summed E-state index contributed by atoms with van der Waals surface area (Å²) in [6.07, 6.45) is 0.825. The van der Waals surface area contributed by atoms with Crippen LogP contribution in [0.2, 0.25) is 0 Å². The van der Waals surface area contributed by atoms with Gasteiger partial charge in [0.25, 0.3) is 0 Å². The predicted molar refractivity (Wildman–Crippen MR) is 95.7 cm³/mol. The van der Waals surface area contributed by atoms with E-state index >= 15 is 0 Å². The third kappa shape index (κ3) is 4.39. The molecule has 2 rings (SSSR count). The second-order valence-corrected chi connectivity index (χ2v) is 5.72. The van der Waals surface area contributed by atoms with E-state index in [2.05, 4.69) is 26.6 Å². The highest BCUT2D eigenvalue weighted by molar-refractivity contribution is 9.10. The van der Waals surface area contributed by atoms with Crippen molar-refractivity contribution in [1.29, 1.82) is 0 Å². The smallest absolute Gasteiger partial charge is 0.323 e. The monoisotopic (exact) mass is 378 g/mol. The van der Waals surface area contributed by atoms with Gasteiger partial charge in [0.15, 0.2) is 11.5 Å². The summed E-state index contributed by atoms with van der Waals surface area (Å²) in [4.78, 5) is 12.2. The van der Waals surface area contributed by atoms with E-state index in [1.165, 1.54) is 0 Å². The van der Waals surface area contributed by atoms with Crippen molar-refractivity contribution in [2.24, 2.45) is 0 Å². The highest BCUT2D eigenvalue weighted by Gasteiger charge is 2.09. The molecule has 6 heteroatoms. The summed E-state index contributed by atoms with van der Waals surface area (Å²) in [7, 11) is 3.12. The number of halogens is 1. The minimum Gasteiger partial charge on any atom is -0.493 e. The van der Waals surface area contributed by atoms with Crippen LogP contribution in [0, 0.1) is 0 Å². The van der Waals surface area contributed by atoms with Crippen molar-refractivity contribution in [3.63, 3.8) is 0 Å². The zero-order chi connectivity index (χ0) is 16.8. The van der Waals surface area contributed by atoms with Gasteiger partial charge in [-0.1, -0.05) is 22.9 Å². The van der Waals surface area contributed by atoms with E-state index in [0.29, 0.717) is 17.2 Å². The van der Waals surface area contributed by atoms with Gasteiger partial charge in [0.05, 0.1) is 14.2 Å². The molecule has 0 aliphatic rings. The van der Waals surface area contributed by atoms with Gasteiger partial charge in [0.1, 0.15) is 0 Å². The van der Waals surface area contributed by atoms with Gasteiger partial charge in [-0.2, -0.15) is 0 Å². The topological polar surface area (TPSA) is 59.6 Å². The number of urea groups is 1. The molecular formula is C17H19BrN2O3. The molecule has 0 spiro atoms. The number of aryl methyl sites for hydroxylation is 1. The highest BCUT2D eigenvalue weighted by Crippen LogP contribution is 2.30. The SMILES string of the molecule is CCc1cc(Br)ccc1NC(=O)Nc1ccc(OC)c(OC)c1. The molecule has 0 saturated heterocycles. The zero-order valence-electron chi connectivity index (χ0n) is 13.3. The molecular weight excluding hydrogens is 360 g/mol. The Morgan fingerprint density at radius 2 is 1.78 bits per heavy atom. The van der Waals surface area contributed by atoms with E-state index in [9.17, 15) is 4.79 Å². The molecule has 0 saturated carbocycles. The van der Waals surface area contributed by atoms with E-state index in [0.717, 1.165) is 22.1 Å². The number of benzene rings is 2. The van der Waals surface area contributed by atoms with Crippen LogP contribution in [-0.2, 0) is 6.42 Å². The molecule has 0 aliphatic carbocycles. The number of methoxy groups -OCH3 is 2. The molecule has 122 valence electrons. The van der Waals surface area contributed by atoms with Crippen molar-refractivity contribution in [3.05, 3.63) is 46.4 Å². The lowest BCUT2D eigenvalue weighted by Crippen LogP contribution is -2.20. The van der Waals surface area contributed by atoms with Crippen LogP contribution in [-0.4, -0.2) is 20.3 Å². The van der Waals surface area contributed by atoms with Crippen LogP contribution < -0.4 is 20.1 Å². The van der Waals surface area contributed by atoms with Crippen molar-refractivity contribution >= 4 is 33.3 Å². The number of ether oxygens (including phenoxy) is 2. The second-order valence-electron chi connectivity index (χ2n) is 4.80. The molecule has 0 bridgehead atoms. The number of carbonyl (C=O) groups is 1. The van der Waals surface area contributed by atoms with E-state index in [1.807, 2.05) is 25.1 Å². The van der Waals surface area contributed by atoms with E-state index < -0.39 is 0 Å². The van der Waals surface area contributed by atoms with E-state index in [4.69, 9.17) is 9.47 Å². The first kappa shape index (κ1) is 17.1. The molecule has 0 fully saturated rings. The van der Waals surface area contributed by atoms with Crippen LogP contribution in [0.15, 0.2) is 40.9 Å². The Morgan fingerprint density at radius 1 is 1.04 bits per heavy atom. The number of amides is 2. The maximum Gasteiger partial charge on any atom is 0.323 e. The van der Waals surface area contributed by atoms with E-state index in [-0.39, 0.29) is 6.03 Å². The first-order valence-corrected chi connectivity index (χ1v) is 7.95. The summed E-state index contributed by atoms with van der Waals surface area (Å²) in [6, 6.07) is 10.7. The van der Waals surface area contributed by atoms with Crippen LogP contribution in [0.3, 0.4) is 0 Å². The minimum atomic E-state index is -0.311. The molecule has 0 radical (unpaired) electrons. The summed E-state index contributed by atoms with van der Waals surface area (Å²) in [5.41, 5.74) is 2.46. The number of hydrogen-bond acceptors (Lipinski definition) is 3. The third-order valence-electron chi connectivity index (χ3n) is 3.34. The van der Waals surface area contributed by atoms with Crippen LogP contribution in [0.4, 0.5) is 16.2 Å². The third-order valence-corrected chi connectivity index (χ3v) is 3.83. The van der Waals surface area contributed by atoms with Crippen LogP contribution in [0.25, 0.3) is 0 Å². The van der Waals surface area contributed by atoms with Gasteiger partial charge < -0.3 is 20.1 Å². The fourth-order valence-corrected chi connectivity index (χ4v) is 2.58. The molecule has 0 aromatic heterocycles. The Balaban J connectivity index is 2.11. The van der Waals surface area contributed by atoms with Gasteiger partial charge in [0.2, 0.25) is 0 Å². The van der Waals surface area contributed by atoms with Crippen molar-refractivity contribution in [2.45, 2.75) is 13.3 Å². The van der Waals surface area contributed by atoms with Gasteiger partial charge >= 0.3 is 6.03 Å². The van der Waals surface area contributed by atoms with Gasteiger partial charge in [-0.15, -0.1) is 0 Å². The van der Waals surface area contributed by atoms with Crippen molar-refractivity contribution in [3.8, 4) is 11.5 Å². The minimum absolute atomic E-state index is 0.311. The maximum absolute atomic E-state index is 12.2. The molecule has 2 amide bonds. The molecule has 2 N–H and O–H groups in total. The Morgan fingerprint density at radius 3 is 2.43 bits per heavy atom. The lowest BCUT2D eigenvalue weighted by molar-refractivity contribution is 0.262. The van der Waals surface area contributed by atoms with Crippen LogP contribution in [0.1, 0.15) is 12.5 Å². The molecule has 2 aromatic rings. The van der Waals surface area contributed by atoms with Gasteiger partial charge in [-0.05, 0) is 42.3 Å². The molecule has 0 aliphatic heterocycles. The first-order chi connectivity index (χ1) is 11.1. The first-order valence-electron chi connectivity index (χ1n) is 7.15. The summed E-state index contributed by atoms with van der Waals surface area (Å²) in [6.45, 7) is 2.04. The quantitative estimate of drug-likeness (QED) is 0.794. The normalized spacial score (nSPS) is 10.1. The average Bonchev–Trinajstić information content (AvgIpc) is 2.56. The summed E-state index contributed by atoms with van der Waals surface area (Å²) >= 11 is 3.43. The number of anilines is 2. The number of carbonyl (C=O) groups excluding carboxylic acids is 1. The van der Waals surface area contributed by atoms with Crippen molar-refractivity contribution < 1.29 is 14.3 Å². The summed E-state index contributed by atoms with van der Waals surface area (Å²) in [5, 5.41) is 5.65. The number of hydrogen-bond donors (Lipinski definition) is 2. The molecule has 0 heterocycles. The number of rotatable bonds is 5. The van der Waals surface area contributed by atoms with E-state index in [1.54, 1.807) is 32.4 Å². The van der Waals surface area contributed by atoms with Gasteiger partial charge in [-0.3, -0.25) is 0 Å². The molecule has 5 nitrogen and oxygen atoms in total. The summed E-state index contributed by atoms with van der Waals surface area (Å²) in [5.74, 6) is 1.17. The zero-order valence-corrected chi connectivity index (χ0v) is 14.9. The maximum atomic E-state index is 12.2. The van der Waals surface area contributed by atoms with Crippen molar-refractivity contribution in [2.75, 3.05) is 24.9 Å². The van der Waals surface area contributed by atoms with Gasteiger partial charge in [0, 0.05) is 21.9 Å². The molecule has 0 unspecified atom stereocenters. The Hall–Kier alpha value is -2.21. The lowest BCUT2D eigenvalue weighted by Gasteiger charge is -2.13. The number of nitrogens with one attached hydrogen (secondary N) is 2. The Kier molecular flexibility index (Phi) is 5.87. The molecule has 0 atom stereocenters. The average molecular weight is 379 g/mol. The second kappa shape index (κ2) is 7.87. The largest absolute Gasteiger partial charge is 0.493 e.